The van der Waals surface area contributed by atoms with Crippen molar-refractivity contribution in [3.63, 3.8) is 0 Å². The highest BCUT2D eigenvalue weighted by molar-refractivity contribution is 5.83. The van der Waals surface area contributed by atoms with Crippen LogP contribution < -0.4 is 10.9 Å². The van der Waals surface area contributed by atoms with Crippen molar-refractivity contribution < 1.29 is 9.53 Å². The minimum absolute atomic E-state index is 0.0986. The van der Waals surface area contributed by atoms with Gasteiger partial charge in [0.1, 0.15) is 6.54 Å². The largest absolute Gasteiger partial charge is 0.383 e. The van der Waals surface area contributed by atoms with Crippen molar-refractivity contribution in [2.45, 2.75) is 26.4 Å². The van der Waals surface area contributed by atoms with Crippen LogP contribution in [-0.4, -0.2) is 35.4 Å². The van der Waals surface area contributed by atoms with Crippen molar-refractivity contribution in [3.8, 4) is 0 Å². The van der Waals surface area contributed by atoms with Gasteiger partial charge in [-0.2, -0.15) is 5.10 Å². The molecule has 1 unspecified atom stereocenters. The maximum absolute atomic E-state index is 12.3. The molecule has 1 amide bonds. The summed E-state index contributed by atoms with van der Waals surface area (Å²) in [6.45, 7) is 3.98. The molecule has 1 heterocycles. The molecule has 0 radical (unpaired) electrons. The zero-order valence-electron chi connectivity index (χ0n) is 12.4. The molecule has 2 rings (SSSR count). The molecule has 21 heavy (non-hydrogen) atoms. The second-order valence-electron chi connectivity index (χ2n) is 5.02. The second-order valence-corrected chi connectivity index (χ2v) is 5.02. The van der Waals surface area contributed by atoms with Gasteiger partial charge in [0.2, 0.25) is 5.91 Å². The molecule has 0 saturated heterocycles. The quantitative estimate of drug-likeness (QED) is 0.886. The third-order valence-electron chi connectivity index (χ3n) is 3.17. The van der Waals surface area contributed by atoms with Gasteiger partial charge in [0, 0.05) is 18.5 Å². The summed E-state index contributed by atoms with van der Waals surface area (Å²) in [5.74, 6) is -0.260. The van der Waals surface area contributed by atoms with Gasteiger partial charge in [-0.1, -0.05) is 18.2 Å². The number of carbonyl (C=O) groups is 1. The van der Waals surface area contributed by atoms with Crippen LogP contribution in [0.3, 0.4) is 0 Å². The summed E-state index contributed by atoms with van der Waals surface area (Å²) >= 11 is 0. The molecular formula is C15H19N3O3. The minimum Gasteiger partial charge on any atom is -0.383 e. The number of hydrogen-bond acceptors (Lipinski definition) is 4. The Balaban J connectivity index is 2.25. The lowest BCUT2D eigenvalue weighted by molar-refractivity contribution is -0.122. The van der Waals surface area contributed by atoms with Gasteiger partial charge < -0.3 is 10.1 Å². The molecule has 0 aliphatic rings. The van der Waals surface area contributed by atoms with E-state index >= 15 is 0 Å². The van der Waals surface area contributed by atoms with E-state index in [1.165, 1.54) is 4.68 Å². The Labute approximate surface area is 122 Å². The Morgan fingerprint density at radius 1 is 1.38 bits per heavy atom. The molecular weight excluding hydrogens is 270 g/mol. The Hall–Kier alpha value is -2.21. The SMILES string of the molecule is COCC(C)NC(=O)Cn1nc(C)c2ccccc2c1=O. The molecule has 2 aromatic rings. The number of aryl methyl sites for hydroxylation is 1. The van der Waals surface area contributed by atoms with Crippen LogP contribution in [0.2, 0.25) is 0 Å². The molecule has 1 aromatic heterocycles. The van der Waals surface area contributed by atoms with E-state index in [0.29, 0.717) is 12.0 Å². The zero-order valence-corrected chi connectivity index (χ0v) is 12.4. The maximum atomic E-state index is 12.3. The molecule has 0 aliphatic carbocycles. The second kappa shape index (κ2) is 6.49. The number of nitrogens with one attached hydrogen (secondary N) is 1. The number of aromatic nitrogens is 2. The molecule has 6 nitrogen and oxygen atoms in total. The first-order chi connectivity index (χ1) is 10.0. The lowest BCUT2D eigenvalue weighted by atomic mass is 10.1. The van der Waals surface area contributed by atoms with Crippen molar-refractivity contribution in [2.24, 2.45) is 0 Å². The summed E-state index contributed by atoms with van der Waals surface area (Å²) in [6, 6.07) is 7.15. The van der Waals surface area contributed by atoms with E-state index in [9.17, 15) is 9.59 Å². The lowest BCUT2D eigenvalue weighted by Crippen LogP contribution is -2.40. The topological polar surface area (TPSA) is 73.2 Å². The van der Waals surface area contributed by atoms with Crippen LogP contribution in [0.25, 0.3) is 10.8 Å². The minimum atomic E-state index is -0.260. The predicted octanol–water partition coefficient (Wildman–Crippen LogP) is 0.856. The van der Waals surface area contributed by atoms with Gasteiger partial charge in [-0.3, -0.25) is 9.59 Å². The van der Waals surface area contributed by atoms with Gasteiger partial charge >= 0.3 is 0 Å². The number of nitrogens with zero attached hydrogens (tertiary/aromatic N) is 2. The standard InChI is InChI=1S/C15H19N3O3/c1-10(9-21-3)16-14(19)8-18-15(20)13-7-5-4-6-12(13)11(2)17-18/h4-7,10H,8-9H2,1-3H3,(H,16,19). The van der Waals surface area contributed by atoms with E-state index in [1.54, 1.807) is 19.2 Å². The van der Waals surface area contributed by atoms with Crippen molar-refractivity contribution >= 4 is 16.7 Å². The van der Waals surface area contributed by atoms with E-state index in [1.807, 2.05) is 26.0 Å². The average Bonchev–Trinajstić information content (AvgIpc) is 2.44. The van der Waals surface area contributed by atoms with Gasteiger partial charge in [0.25, 0.3) is 5.56 Å². The van der Waals surface area contributed by atoms with E-state index in [2.05, 4.69) is 10.4 Å². The number of carbonyl (C=O) groups excluding carboxylic acids is 1. The van der Waals surface area contributed by atoms with Crippen LogP contribution in [0.15, 0.2) is 29.1 Å². The van der Waals surface area contributed by atoms with Crippen LogP contribution in [0.1, 0.15) is 12.6 Å². The lowest BCUT2D eigenvalue weighted by Gasteiger charge is -2.13. The van der Waals surface area contributed by atoms with Crippen LogP contribution in [-0.2, 0) is 16.1 Å². The summed E-state index contributed by atoms with van der Waals surface area (Å²) < 4.78 is 6.16. The monoisotopic (exact) mass is 289 g/mol. The Morgan fingerprint density at radius 2 is 2.05 bits per heavy atom. The normalized spacial score (nSPS) is 12.3. The van der Waals surface area contributed by atoms with Crippen molar-refractivity contribution in [2.75, 3.05) is 13.7 Å². The first-order valence-electron chi connectivity index (χ1n) is 6.77. The van der Waals surface area contributed by atoms with E-state index in [-0.39, 0.29) is 24.1 Å². The fourth-order valence-electron chi connectivity index (χ4n) is 2.26. The number of amides is 1. The number of benzene rings is 1. The van der Waals surface area contributed by atoms with Gasteiger partial charge in [-0.25, -0.2) is 4.68 Å². The first kappa shape index (κ1) is 15.2. The third-order valence-corrected chi connectivity index (χ3v) is 3.17. The zero-order chi connectivity index (χ0) is 15.4. The van der Waals surface area contributed by atoms with Gasteiger partial charge in [0.05, 0.1) is 17.7 Å². The van der Waals surface area contributed by atoms with E-state index in [0.717, 1.165) is 11.1 Å². The van der Waals surface area contributed by atoms with E-state index < -0.39 is 0 Å². The molecule has 1 aromatic carbocycles. The fourth-order valence-corrected chi connectivity index (χ4v) is 2.26. The molecule has 6 heteroatoms. The molecule has 0 spiro atoms. The molecule has 1 N–H and O–H groups in total. The Bertz CT molecular complexity index is 709. The number of methoxy groups -OCH3 is 1. The molecule has 112 valence electrons. The summed E-state index contributed by atoms with van der Waals surface area (Å²) in [4.78, 5) is 24.3. The van der Waals surface area contributed by atoms with Gasteiger partial charge in [0.15, 0.2) is 0 Å². The van der Waals surface area contributed by atoms with Gasteiger partial charge in [-0.05, 0) is 19.9 Å². The van der Waals surface area contributed by atoms with Crippen LogP contribution >= 0.6 is 0 Å². The van der Waals surface area contributed by atoms with E-state index in [4.69, 9.17) is 4.74 Å². The van der Waals surface area contributed by atoms with Gasteiger partial charge in [-0.15, -0.1) is 0 Å². The van der Waals surface area contributed by atoms with Crippen molar-refractivity contribution in [1.82, 2.24) is 15.1 Å². The first-order valence-corrected chi connectivity index (χ1v) is 6.77. The summed E-state index contributed by atoms with van der Waals surface area (Å²) in [5, 5.41) is 8.35. The molecule has 0 bridgehead atoms. The average molecular weight is 289 g/mol. The Kier molecular flexibility index (Phi) is 4.70. The highest BCUT2D eigenvalue weighted by Crippen LogP contribution is 2.11. The summed E-state index contributed by atoms with van der Waals surface area (Å²) in [6.07, 6.45) is 0. The van der Waals surface area contributed by atoms with Crippen LogP contribution in [0.4, 0.5) is 0 Å². The van der Waals surface area contributed by atoms with Crippen molar-refractivity contribution in [3.05, 3.63) is 40.3 Å². The molecule has 0 aliphatic heterocycles. The highest BCUT2D eigenvalue weighted by atomic mass is 16.5. The summed E-state index contributed by atoms with van der Waals surface area (Å²) in [5.41, 5.74) is 0.466. The fraction of sp³-hybridized carbons (Fsp3) is 0.400. The third kappa shape index (κ3) is 3.46. The predicted molar refractivity (Wildman–Crippen MR) is 80.2 cm³/mol. The smallest absolute Gasteiger partial charge is 0.275 e. The number of ether oxygens (including phenoxy) is 1. The molecule has 0 saturated carbocycles. The summed E-state index contributed by atoms with van der Waals surface area (Å²) in [7, 11) is 1.57. The number of rotatable bonds is 5. The molecule has 1 atom stereocenters. The highest BCUT2D eigenvalue weighted by Gasteiger charge is 2.12. The Morgan fingerprint density at radius 3 is 2.71 bits per heavy atom. The number of hydrogen-bond donors (Lipinski definition) is 1. The van der Waals surface area contributed by atoms with Crippen LogP contribution in [0, 0.1) is 6.92 Å². The van der Waals surface area contributed by atoms with Crippen LogP contribution in [0.5, 0.6) is 0 Å². The number of fused-ring (bicyclic) bond motifs is 1. The molecule has 0 fully saturated rings. The maximum Gasteiger partial charge on any atom is 0.275 e. The van der Waals surface area contributed by atoms with Crippen molar-refractivity contribution in [1.29, 1.82) is 0 Å².